The lowest BCUT2D eigenvalue weighted by atomic mass is 10.2. The second kappa shape index (κ2) is 4.73. The quantitative estimate of drug-likeness (QED) is 0.859. The molecule has 0 amide bonds. The van der Waals surface area contributed by atoms with Crippen molar-refractivity contribution in [2.45, 2.75) is 0 Å². The number of hydrogen-bond acceptors (Lipinski definition) is 6. The molecule has 0 aliphatic carbocycles. The molecule has 0 unspecified atom stereocenters. The number of ether oxygens (including phenoxy) is 1. The first-order chi connectivity index (χ1) is 8.52. The largest absolute Gasteiger partial charge is 0.496 e. The van der Waals surface area contributed by atoms with Gasteiger partial charge in [-0.15, -0.1) is 0 Å². The number of rotatable bonds is 3. The van der Waals surface area contributed by atoms with Crippen LogP contribution in [0.3, 0.4) is 0 Å². The van der Waals surface area contributed by atoms with Gasteiger partial charge in [-0.05, 0) is 11.2 Å². The van der Waals surface area contributed by atoms with Crippen LogP contribution in [0.2, 0.25) is 5.02 Å². The molecule has 7 heteroatoms. The van der Waals surface area contributed by atoms with E-state index in [1.165, 1.54) is 7.11 Å². The van der Waals surface area contributed by atoms with Crippen LogP contribution in [0.5, 0.6) is 5.75 Å². The van der Waals surface area contributed by atoms with Gasteiger partial charge in [-0.1, -0.05) is 11.6 Å². The minimum absolute atomic E-state index is 0.331. The van der Waals surface area contributed by atoms with Crippen molar-refractivity contribution in [2.75, 3.05) is 31.8 Å². The normalized spacial score (nSPS) is 10.4. The van der Waals surface area contributed by atoms with Crippen LogP contribution in [0, 0.1) is 0 Å². The van der Waals surface area contributed by atoms with Gasteiger partial charge in [0.15, 0.2) is 0 Å². The van der Waals surface area contributed by atoms with Crippen LogP contribution >= 0.6 is 11.6 Å². The van der Waals surface area contributed by atoms with E-state index in [2.05, 4.69) is 10.1 Å². The Morgan fingerprint density at radius 1 is 1.39 bits per heavy atom. The van der Waals surface area contributed by atoms with Gasteiger partial charge in [-0.2, -0.15) is 4.98 Å². The Bertz CT molecular complexity index is 568. The Morgan fingerprint density at radius 3 is 2.67 bits per heavy atom. The van der Waals surface area contributed by atoms with Crippen molar-refractivity contribution < 1.29 is 9.26 Å². The molecule has 2 N–H and O–H groups in total. The van der Waals surface area contributed by atoms with E-state index in [0.29, 0.717) is 33.9 Å². The maximum absolute atomic E-state index is 5.98. The van der Waals surface area contributed by atoms with E-state index in [-0.39, 0.29) is 0 Å². The van der Waals surface area contributed by atoms with Gasteiger partial charge in [-0.25, -0.2) is 0 Å². The zero-order valence-electron chi connectivity index (χ0n) is 10.3. The summed E-state index contributed by atoms with van der Waals surface area (Å²) in [5.74, 6) is 1.34. The minimum Gasteiger partial charge on any atom is -0.496 e. The Kier molecular flexibility index (Phi) is 3.29. The van der Waals surface area contributed by atoms with Crippen LogP contribution in [0.4, 0.5) is 11.6 Å². The molecule has 6 nitrogen and oxygen atoms in total. The van der Waals surface area contributed by atoms with Crippen LogP contribution in [-0.2, 0) is 0 Å². The summed E-state index contributed by atoms with van der Waals surface area (Å²) < 4.78 is 10.4. The Hall–Kier alpha value is -1.95. The molecule has 0 saturated heterocycles. The lowest BCUT2D eigenvalue weighted by Crippen LogP contribution is -2.10. The highest BCUT2D eigenvalue weighted by molar-refractivity contribution is 6.33. The molecule has 0 aliphatic rings. The fourth-order valence-corrected chi connectivity index (χ4v) is 1.58. The van der Waals surface area contributed by atoms with E-state index in [9.17, 15) is 0 Å². The molecule has 1 aromatic heterocycles. The minimum atomic E-state index is 0.331. The molecule has 18 heavy (non-hydrogen) atoms. The van der Waals surface area contributed by atoms with Crippen molar-refractivity contribution in [3.8, 4) is 17.2 Å². The predicted molar refractivity (Wildman–Crippen MR) is 70.0 cm³/mol. The number of nitrogens with zero attached hydrogens (tertiary/aromatic N) is 3. The Balaban J connectivity index is 2.51. The van der Waals surface area contributed by atoms with Gasteiger partial charge in [0.05, 0.1) is 23.4 Å². The average Bonchev–Trinajstić information content (AvgIpc) is 2.81. The maximum Gasteiger partial charge on any atom is 0.265 e. The smallest absolute Gasteiger partial charge is 0.265 e. The van der Waals surface area contributed by atoms with E-state index < -0.39 is 0 Å². The predicted octanol–water partition coefficient (Wildman–Crippen LogP) is 2.05. The van der Waals surface area contributed by atoms with E-state index in [1.807, 2.05) is 14.1 Å². The van der Waals surface area contributed by atoms with Gasteiger partial charge in [0, 0.05) is 20.2 Å². The first-order valence-corrected chi connectivity index (χ1v) is 5.55. The number of halogens is 1. The molecular weight excluding hydrogens is 256 g/mol. The van der Waals surface area contributed by atoms with Crippen LogP contribution in [0.1, 0.15) is 0 Å². The zero-order chi connectivity index (χ0) is 13.3. The first kappa shape index (κ1) is 12.5. The summed E-state index contributed by atoms with van der Waals surface area (Å²) in [7, 11) is 5.18. The van der Waals surface area contributed by atoms with Crippen LogP contribution in [-0.4, -0.2) is 31.3 Å². The number of aromatic nitrogens is 2. The molecule has 2 rings (SSSR count). The van der Waals surface area contributed by atoms with E-state index in [0.717, 1.165) is 0 Å². The Morgan fingerprint density at radius 2 is 2.11 bits per heavy atom. The number of anilines is 2. The Labute approximate surface area is 109 Å². The summed E-state index contributed by atoms with van der Waals surface area (Å²) in [6.07, 6.45) is 0. The van der Waals surface area contributed by atoms with Crippen molar-refractivity contribution >= 4 is 23.2 Å². The molecular formula is C11H13ClN4O2. The fraction of sp³-hybridized carbons (Fsp3) is 0.273. The summed E-state index contributed by atoms with van der Waals surface area (Å²) in [4.78, 5) is 5.96. The highest BCUT2D eigenvalue weighted by Gasteiger charge is 2.16. The van der Waals surface area contributed by atoms with Crippen molar-refractivity contribution in [2.24, 2.45) is 0 Å². The van der Waals surface area contributed by atoms with E-state index in [4.69, 9.17) is 26.6 Å². The van der Waals surface area contributed by atoms with E-state index in [1.54, 1.807) is 17.0 Å². The highest BCUT2D eigenvalue weighted by atomic mass is 35.5. The summed E-state index contributed by atoms with van der Waals surface area (Å²) in [6, 6.07) is 3.26. The number of nitrogens with two attached hydrogens (primary N) is 1. The topological polar surface area (TPSA) is 77.4 Å². The number of methoxy groups -OCH3 is 1. The van der Waals surface area contributed by atoms with Gasteiger partial charge >= 0.3 is 0 Å². The average molecular weight is 269 g/mol. The number of benzene rings is 1. The molecule has 2 aromatic rings. The molecule has 0 radical (unpaired) electrons. The van der Waals surface area contributed by atoms with Gasteiger partial charge < -0.3 is 19.9 Å². The number of hydrogen-bond donors (Lipinski definition) is 1. The molecule has 0 fully saturated rings. The molecule has 0 bridgehead atoms. The fourth-order valence-electron chi connectivity index (χ4n) is 1.41. The van der Waals surface area contributed by atoms with Gasteiger partial charge in [0.25, 0.3) is 11.8 Å². The van der Waals surface area contributed by atoms with Gasteiger partial charge in [0.1, 0.15) is 5.75 Å². The van der Waals surface area contributed by atoms with Crippen molar-refractivity contribution in [3.63, 3.8) is 0 Å². The summed E-state index contributed by atoms with van der Waals surface area (Å²) in [6.45, 7) is 0. The summed E-state index contributed by atoms with van der Waals surface area (Å²) in [5, 5.41) is 4.24. The SMILES string of the molecule is COc1cc(N)c(Cl)cc1-c1nc(N(C)C)no1. The van der Waals surface area contributed by atoms with E-state index >= 15 is 0 Å². The molecule has 96 valence electrons. The first-order valence-electron chi connectivity index (χ1n) is 5.17. The van der Waals surface area contributed by atoms with Crippen molar-refractivity contribution in [3.05, 3.63) is 17.2 Å². The lowest BCUT2D eigenvalue weighted by molar-refractivity contribution is 0.405. The summed E-state index contributed by atoms with van der Waals surface area (Å²) in [5.41, 5.74) is 6.75. The van der Waals surface area contributed by atoms with Crippen molar-refractivity contribution in [1.82, 2.24) is 10.1 Å². The third kappa shape index (κ3) is 2.19. The second-order valence-electron chi connectivity index (χ2n) is 3.87. The third-order valence-corrected chi connectivity index (χ3v) is 2.69. The molecule has 0 aliphatic heterocycles. The molecule has 1 heterocycles. The zero-order valence-corrected chi connectivity index (χ0v) is 11.0. The standard InChI is InChI=1S/C11H13ClN4O2/c1-16(2)11-14-10(18-15-11)6-4-7(12)8(13)5-9(6)17-3/h4-5H,13H2,1-3H3. The lowest BCUT2D eigenvalue weighted by Gasteiger charge is -2.07. The maximum atomic E-state index is 5.98. The van der Waals surface area contributed by atoms with Crippen LogP contribution < -0.4 is 15.4 Å². The van der Waals surface area contributed by atoms with Crippen LogP contribution in [0.15, 0.2) is 16.7 Å². The van der Waals surface area contributed by atoms with Crippen molar-refractivity contribution in [1.29, 1.82) is 0 Å². The van der Waals surface area contributed by atoms with Crippen LogP contribution in [0.25, 0.3) is 11.5 Å². The molecule has 0 spiro atoms. The third-order valence-electron chi connectivity index (χ3n) is 2.36. The molecule has 0 atom stereocenters. The monoisotopic (exact) mass is 268 g/mol. The summed E-state index contributed by atoms with van der Waals surface area (Å²) >= 11 is 5.98. The number of nitrogen functional groups attached to an aromatic ring is 1. The highest BCUT2D eigenvalue weighted by Crippen LogP contribution is 2.35. The second-order valence-corrected chi connectivity index (χ2v) is 4.28. The molecule has 1 aromatic carbocycles. The van der Waals surface area contributed by atoms with Gasteiger partial charge in [-0.3, -0.25) is 0 Å². The van der Waals surface area contributed by atoms with Gasteiger partial charge in [0.2, 0.25) is 0 Å². The molecule has 0 saturated carbocycles.